The number of hydrogen-bond donors (Lipinski definition) is 2. The maximum absolute atomic E-state index is 12.1. The van der Waals surface area contributed by atoms with E-state index in [1.165, 1.54) is 12.1 Å². The van der Waals surface area contributed by atoms with Crippen LogP contribution in [0.2, 0.25) is 0 Å². The number of hydrogen-bond acceptors (Lipinski definition) is 7. The van der Waals surface area contributed by atoms with Crippen molar-refractivity contribution in [3.63, 3.8) is 0 Å². The van der Waals surface area contributed by atoms with E-state index in [2.05, 4.69) is 5.43 Å². The lowest BCUT2D eigenvalue weighted by molar-refractivity contribution is -0.146. The van der Waals surface area contributed by atoms with E-state index < -0.39 is 27.5 Å². The number of nitrogens with one attached hydrogen (secondary N) is 2. The first kappa shape index (κ1) is 19.7. The minimum atomic E-state index is -3.86. The molecule has 0 spiro atoms. The van der Waals surface area contributed by atoms with Gasteiger partial charge >= 0.3 is 11.9 Å². The first-order valence-electron chi connectivity index (χ1n) is 7.20. The Kier molecular flexibility index (Phi) is 7.40. The van der Waals surface area contributed by atoms with Crippen molar-refractivity contribution in [1.29, 1.82) is 0 Å². The Labute approximate surface area is 140 Å². The Balaban J connectivity index is 2.87. The van der Waals surface area contributed by atoms with Crippen LogP contribution in [0.25, 0.3) is 0 Å². The molecule has 8 nitrogen and oxygen atoms in total. The van der Waals surface area contributed by atoms with Crippen LogP contribution >= 0.6 is 0 Å². The summed E-state index contributed by atoms with van der Waals surface area (Å²) in [5, 5.41) is 0. The standard InChI is InChI=1S/C15H20N2O6S/c1-4-22-14(18)13(15(19)23-5-2)10-16-17-24(20,21)12-8-6-11(3)7-9-12/h6-10,16-17H,4-5H2,1-3H3. The van der Waals surface area contributed by atoms with Crippen molar-refractivity contribution in [2.24, 2.45) is 0 Å². The molecule has 0 saturated carbocycles. The number of aryl methyl sites for hydroxylation is 1. The summed E-state index contributed by atoms with van der Waals surface area (Å²) in [5.41, 5.74) is 2.67. The number of esters is 2. The van der Waals surface area contributed by atoms with Gasteiger partial charge in [-0.25, -0.2) is 18.0 Å². The van der Waals surface area contributed by atoms with Crippen molar-refractivity contribution in [3.8, 4) is 0 Å². The monoisotopic (exact) mass is 356 g/mol. The molecule has 1 aromatic carbocycles. The summed E-state index contributed by atoms with van der Waals surface area (Å²) >= 11 is 0. The second-order valence-electron chi connectivity index (χ2n) is 4.56. The third kappa shape index (κ3) is 5.67. The fourth-order valence-electron chi connectivity index (χ4n) is 1.57. The van der Waals surface area contributed by atoms with Crippen LogP contribution in [0.3, 0.4) is 0 Å². The molecule has 0 atom stereocenters. The number of hydrazine groups is 1. The Hall–Kier alpha value is -2.39. The van der Waals surface area contributed by atoms with E-state index in [4.69, 9.17) is 9.47 Å². The number of carbonyl (C=O) groups excluding carboxylic acids is 2. The highest BCUT2D eigenvalue weighted by Crippen LogP contribution is 2.09. The summed E-state index contributed by atoms with van der Waals surface area (Å²) in [6.07, 6.45) is 0.891. The smallest absolute Gasteiger partial charge is 0.347 e. The summed E-state index contributed by atoms with van der Waals surface area (Å²) in [6, 6.07) is 6.15. The van der Waals surface area contributed by atoms with Gasteiger partial charge in [-0.15, -0.1) is 4.83 Å². The highest BCUT2D eigenvalue weighted by molar-refractivity contribution is 7.89. The summed E-state index contributed by atoms with van der Waals surface area (Å²) < 4.78 is 33.6. The number of benzene rings is 1. The molecule has 0 bridgehead atoms. The van der Waals surface area contributed by atoms with Crippen molar-refractivity contribution < 1.29 is 27.5 Å². The molecule has 0 aliphatic carbocycles. The minimum absolute atomic E-state index is 0.0304. The summed E-state index contributed by atoms with van der Waals surface area (Å²) in [7, 11) is -3.86. The Morgan fingerprint density at radius 1 is 1.04 bits per heavy atom. The van der Waals surface area contributed by atoms with Crippen molar-refractivity contribution in [1.82, 2.24) is 10.3 Å². The topological polar surface area (TPSA) is 111 Å². The van der Waals surface area contributed by atoms with Gasteiger partial charge in [0.15, 0.2) is 5.57 Å². The molecule has 2 N–H and O–H groups in total. The van der Waals surface area contributed by atoms with Gasteiger partial charge in [0.25, 0.3) is 10.0 Å². The SMILES string of the molecule is CCOC(=O)C(=CNNS(=O)(=O)c1ccc(C)cc1)C(=O)OCC. The zero-order valence-corrected chi connectivity index (χ0v) is 14.5. The second kappa shape index (κ2) is 9.04. The minimum Gasteiger partial charge on any atom is -0.462 e. The first-order valence-corrected chi connectivity index (χ1v) is 8.68. The number of sulfonamides is 1. The average molecular weight is 356 g/mol. The zero-order valence-electron chi connectivity index (χ0n) is 13.7. The number of rotatable bonds is 8. The van der Waals surface area contributed by atoms with E-state index in [0.29, 0.717) is 0 Å². The lowest BCUT2D eigenvalue weighted by Gasteiger charge is -2.09. The van der Waals surface area contributed by atoms with Gasteiger partial charge < -0.3 is 14.9 Å². The van der Waals surface area contributed by atoms with E-state index in [9.17, 15) is 18.0 Å². The normalized spacial score (nSPS) is 10.6. The summed E-state index contributed by atoms with van der Waals surface area (Å²) in [6.45, 7) is 5.10. The molecule has 0 radical (unpaired) electrons. The molecule has 0 fully saturated rings. The molecular weight excluding hydrogens is 336 g/mol. The fraction of sp³-hybridized carbons (Fsp3) is 0.333. The van der Waals surface area contributed by atoms with Gasteiger partial charge in [0.1, 0.15) is 0 Å². The molecule has 0 aliphatic heterocycles. The second-order valence-corrected chi connectivity index (χ2v) is 6.24. The maximum Gasteiger partial charge on any atom is 0.347 e. The van der Waals surface area contributed by atoms with E-state index in [0.717, 1.165) is 11.8 Å². The van der Waals surface area contributed by atoms with Crippen LogP contribution in [0.1, 0.15) is 19.4 Å². The third-order valence-corrected chi connectivity index (χ3v) is 4.01. The molecule has 24 heavy (non-hydrogen) atoms. The van der Waals surface area contributed by atoms with Gasteiger partial charge in [0.2, 0.25) is 0 Å². The molecule has 132 valence electrons. The molecule has 0 aliphatic rings. The van der Waals surface area contributed by atoms with Crippen LogP contribution in [0.4, 0.5) is 0 Å². The highest BCUT2D eigenvalue weighted by Gasteiger charge is 2.21. The van der Waals surface area contributed by atoms with Gasteiger partial charge in [-0.2, -0.15) is 0 Å². The van der Waals surface area contributed by atoms with Crippen molar-refractivity contribution in [3.05, 3.63) is 41.6 Å². The van der Waals surface area contributed by atoms with E-state index in [1.54, 1.807) is 26.0 Å². The van der Waals surface area contributed by atoms with Crippen LogP contribution in [0, 0.1) is 6.92 Å². The molecule has 0 amide bonds. The molecule has 0 heterocycles. The quantitative estimate of drug-likeness (QED) is 0.233. The van der Waals surface area contributed by atoms with Gasteiger partial charge in [-0.05, 0) is 32.9 Å². The first-order chi connectivity index (χ1) is 11.3. The third-order valence-electron chi connectivity index (χ3n) is 2.73. The molecule has 0 unspecified atom stereocenters. The number of carbonyl (C=O) groups is 2. The lowest BCUT2D eigenvalue weighted by Crippen LogP contribution is -2.35. The van der Waals surface area contributed by atoms with E-state index >= 15 is 0 Å². The average Bonchev–Trinajstić information content (AvgIpc) is 2.52. The van der Waals surface area contributed by atoms with Crippen molar-refractivity contribution in [2.75, 3.05) is 13.2 Å². The lowest BCUT2D eigenvalue weighted by atomic mass is 10.2. The Morgan fingerprint density at radius 2 is 1.54 bits per heavy atom. The fourth-order valence-corrected chi connectivity index (χ4v) is 2.40. The summed E-state index contributed by atoms with van der Waals surface area (Å²) in [5.74, 6) is -1.84. The van der Waals surface area contributed by atoms with Crippen LogP contribution in [-0.2, 0) is 29.1 Å². The van der Waals surface area contributed by atoms with E-state index in [1.807, 2.05) is 11.8 Å². The van der Waals surface area contributed by atoms with Gasteiger partial charge in [0, 0.05) is 6.20 Å². The summed E-state index contributed by atoms with van der Waals surface area (Å²) in [4.78, 5) is 25.5. The molecular formula is C15H20N2O6S. The maximum atomic E-state index is 12.1. The highest BCUT2D eigenvalue weighted by atomic mass is 32.2. The molecule has 9 heteroatoms. The number of ether oxygens (including phenoxy) is 2. The zero-order chi connectivity index (χ0) is 18.2. The van der Waals surface area contributed by atoms with Gasteiger partial charge in [-0.1, -0.05) is 17.7 Å². The molecule has 0 saturated heterocycles. The van der Waals surface area contributed by atoms with Crippen LogP contribution < -0.4 is 10.3 Å². The van der Waals surface area contributed by atoms with Crippen LogP contribution in [0.5, 0.6) is 0 Å². The van der Waals surface area contributed by atoms with E-state index in [-0.39, 0.29) is 18.1 Å². The Bertz CT molecular complexity index is 690. The van der Waals surface area contributed by atoms with Gasteiger partial charge in [-0.3, -0.25) is 0 Å². The Morgan fingerprint density at radius 3 is 2.00 bits per heavy atom. The predicted octanol–water partition coefficient (Wildman–Crippen LogP) is 0.788. The molecule has 1 rings (SSSR count). The van der Waals surface area contributed by atoms with Crippen molar-refractivity contribution in [2.45, 2.75) is 25.7 Å². The predicted molar refractivity (Wildman–Crippen MR) is 86.0 cm³/mol. The van der Waals surface area contributed by atoms with Crippen LogP contribution in [0.15, 0.2) is 40.9 Å². The molecule has 0 aromatic heterocycles. The van der Waals surface area contributed by atoms with Gasteiger partial charge in [0.05, 0.1) is 18.1 Å². The molecule has 1 aromatic rings. The van der Waals surface area contributed by atoms with Crippen molar-refractivity contribution >= 4 is 22.0 Å². The largest absolute Gasteiger partial charge is 0.462 e. The van der Waals surface area contributed by atoms with Crippen LogP contribution in [-0.4, -0.2) is 33.6 Å².